The zero-order valence-corrected chi connectivity index (χ0v) is 11.9. The van der Waals surface area contributed by atoms with E-state index < -0.39 is 0 Å². The van der Waals surface area contributed by atoms with E-state index in [1.165, 1.54) is 0 Å². The second-order valence-corrected chi connectivity index (χ2v) is 5.26. The summed E-state index contributed by atoms with van der Waals surface area (Å²) in [6, 6.07) is 3.86. The van der Waals surface area contributed by atoms with Gasteiger partial charge in [0.15, 0.2) is 11.5 Å². The third-order valence-corrected chi connectivity index (χ3v) is 3.38. The second-order valence-electron chi connectivity index (χ2n) is 4.85. The number of aliphatic hydroxyl groups excluding tert-OH is 1. The highest BCUT2D eigenvalue weighted by atomic mass is 35.5. The molecule has 0 saturated heterocycles. The highest BCUT2D eigenvalue weighted by Crippen LogP contribution is 2.38. The van der Waals surface area contributed by atoms with E-state index in [1.807, 2.05) is 12.1 Å². The summed E-state index contributed by atoms with van der Waals surface area (Å²) in [6.45, 7) is 5.05. The molecule has 1 unspecified atom stereocenters. The maximum absolute atomic E-state index is 8.85. The fourth-order valence-corrected chi connectivity index (χ4v) is 2.34. The van der Waals surface area contributed by atoms with Crippen LogP contribution in [-0.4, -0.2) is 31.5 Å². The van der Waals surface area contributed by atoms with Crippen molar-refractivity contribution in [3.63, 3.8) is 0 Å². The lowest BCUT2D eigenvalue weighted by Gasteiger charge is -2.20. The molecule has 2 N–H and O–H groups in total. The summed E-state index contributed by atoms with van der Waals surface area (Å²) in [6.07, 6.45) is 0.814. The van der Waals surface area contributed by atoms with Crippen LogP contribution in [0, 0.1) is 5.92 Å². The van der Waals surface area contributed by atoms with Crippen molar-refractivity contribution in [3.8, 4) is 11.5 Å². The van der Waals surface area contributed by atoms with Crippen molar-refractivity contribution in [2.45, 2.75) is 19.9 Å². The molecule has 1 atom stereocenters. The highest BCUT2D eigenvalue weighted by molar-refractivity contribution is 6.32. The molecular formula is C14H20ClNO3. The van der Waals surface area contributed by atoms with E-state index in [2.05, 4.69) is 12.2 Å². The number of halogens is 1. The Morgan fingerprint density at radius 1 is 1.37 bits per heavy atom. The van der Waals surface area contributed by atoms with Gasteiger partial charge in [-0.25, -0.2) is 0 Å². The van der Waals surface area contributed by atoms with Crippen LogP contribution < -0.4 is 14.8 Å². The van der Waals surface area contributed by atoms with Gasteiger partial charge in [0, 0.05) is 13.2 Å². The Labute approximate surface area is 118 Å². The van der Waals surface area contributed by atoms with Crippen LogP contribution in [0.15, 0.2) is 12.1 Å². The van der Waals surface area contributed by atoms with E-state index in [1.54, 1.807) is 0 Å². The monoisotopic (exact) mass is 285 g/mol. The highest BCUT2D eigenvalue weighted by Gasteiger charge is 2.16. The molecule has 0 bridgehead atoms. The lowest BCUT2D eigenvalue weighted by molar-refractivity contribution is 0.171. The van der Waals surface area contributed by atoms with Crippen molar-refractivity contribution in [1.29, 1.82) is 0 Å². The number of aliphatic hydroxyl groups is 1. The number of nitrogens with one attached hydrogen (secondary N) is 1. The standard InChI is InChI=1S/C14H20ClNO3/c1-10(2-3-17)8-16-9-11-6-12(15)14-13(7-11)18-4-5-19-14/h6-7,10,16-17H,2-5,8-9H2,1H3. The quantitative estimate of drug-likeness (QED) is 0.841. The number of hydrogen-bond donors (Lipinski definition) is 2. The molecule has 1 aliphatic heterocycles. The van der Waals surface area contributed by atoms with Gasteiger partial charge in [-0.05, 0) is 36.6 Å². The first kappa shape index (κ1) is 14.4. The number of benzene rings is 1. The Morgan fingerprint density at radius 3 is 2.95 bits per heavy atom. The van der Waals surface area contributed by atoms with Crippen molar-refractivity contribution < 1.29 is 14.6 Å². The fourth-order valence-electron chi connectivity index (χ4n) is 2.05. The molecule has 4 nitrogen and oxygen atoms in total. The predicted octanol–water partition coefficient (Wildman–Crippen LogP) is 2.22. The number of ether oxygens (including phenoxy) is 2. The van der Waals surface area contributed by atoms with Gasteiger partial charge in [-0.3, -0.25) is 0 Å². The van der Waals surface area contributed by atoms with E-state index in [0.717, 1.165) is 30.8 Å². The summed E-state index contributed by atoms with van der Waals surface area (Å²) < 4.78 is 11.0. The van der Waals surface area contributed by atoms with Crippen molar-refractivity contribution >= 4 is 11.6 Å². The summed E-state index contributed by atoms with van der Waals surface area (Å²) in [5.41, 5.74) is 1.07. The van der Waals surface area contributed by atoms with E-state index >= 15 is 0 Å². The van der Waals surface area contributed by atoms with Gasteiger partial charge in [0.2, 0.25) is 0 Å². The number of fused-ring (bicyclic) bond motifs is 1. The lowest BCUT2D eigenvalue weighted by atomic mass is 10.1. The third kappa shape index (κ3) is 4.00. The van der Waals surface area contributed by atoms with Crippen LogP contribution in [0.5, 0.6) is 11.5 Å². The molecule has 106 valence electrons. The van der Waals surface area contributed by atoms with Gasteiger partial charge in [0.05, 0.1) is 5.02 Å². The molecule has 5 heteroatoms. The van der Waals surface area contributed by atoms with Gasteiger partial charge >= 0.3 is 0 Å². The number of hydrogen-bond acceptors (Lipinski definition) is 4. The molecule has 0 amide bonds. The fraction of sp³-hybridized carbons (Fsp3) is 0.571. The van der Waals surface area contributed by atoms with Gasteiger partial charge in [-0.2, -0.15) is 0 Å². The SMILES string of the molecule is CC(CCO)CNCc1cc(Cl)c2c(c1)OCCO2. The molecule has 1 aromatic rings. The first-order valence-corrected chi connectivity index (χ1v) is 6.98. The minimum Gasteiger partial charge on any atom is -0.486 e. The van der Waals surface area contributed by atoms with E-state index in [4.69, 9.17) is 26.2 Å². The first-order chi connectivity index (χ1) is 9.20. The maximum Gasteiger partial charge on any atom is 0.179 e. The van der Waals surface area contributed by atoms with Crippen LogP contribution in [-0.2, 0) is 6.54 Å². The smallest absolute Gasteiger partial charge is 0.179 e. The molecule has 0 radical (unpaired) electrons. The van der Waals surface area contributed by atoms with Gasteiger partial charge in [0.25, 0.3) is 0 Å². The van der Waals surface area contributed by atoms with Gasteiger partial charge in [-0.1, -0.05) is 18.5 Å². The Kier molecular flexibility index (Phi) is 5.31. The van der Waals surface area contributed by atoms with Crippen LogP contribution in [0.2, 0.25) is 5.02 Å². The Morgan fingerprint density at radius 2 is 2.16 bits per heavy atom. The topological polar surface area (TPSA) is 50.7 Å². The molecule has 0 aromatic heterocycles. The third-order valence-electron chi connectivity index (χ3n) is 3.10. The zero-order chi connectivity index (χ0) is 13.7. The molecule has 1 heterocycles. The summed E-state index contributed by atoms with van der Waals surface area (Å²) in [5, 5.41) is 12.8. The molecule has 0 fully saturated rings. The molecule has 1 aliphatic rings. The zero-order valence-electron chi connectivity index (χ0n) is 11.1. The van der Waals surface area contributed by atoms with Gasteiger partial charge in [-0.15, -0.1) is 0 Å². The van der Waals surface area contributed by atoms with Crippen molar-refractivity contribution in [2.24, 2.45) is 5.92 Å². The van der Waals surface area contributed by atoms with Crippen LogP contribution in [0.4, 0.5) is 0 Å². The maximum atomic E-state index is 8.85. The Balaban J connectivity index is 1.92. The molecule has 1 aromatic carbocycles. The number of rotatable bonds is 6. The molecular weight excluding hydrogens is 266 g/mol. The van der Waals surface area contributed by atoms with Crippen molar-refractivity contribution in [3.05, 3.63) is 22.7 Å². The molecule has 2 rings (SSSR count). The predicted molar refractivity (Wildman–Crippen MR) is 75.0 cm³/mol. The summed E-state index contributed by atoms with van der Waals surface area (Å²) >= 11 is 6.17. The van der Waals surface area contributed by atoms with Crippen LogP contribution in [0.1, 0.15) is 18.9 Å². The minimum atomic E-state index is 0.235. The van der Waals surface area contributed by atoms with Gasteiger partial charge in [0.1, 0.15) is 13.2 Å². The van der Waals surface area contributed by atoms with E-state index in [-0.39, 0.29) is 6.61 Å². The molecule has 0 aliphatic carbocycles. The van der Waals surface area contributed by atoms with Crippen molar-refractivity contribution in [2.75, 3.05) is 26.4 Å². The van der Waals surface area contributed by atoms with Crippen LogP contribution in [0.3, 0.4) is 0 Å². The van der Waals surface area contributed by atoms with Crippen LogP contribution in [0.25, 0.3) is 0 Å². The Bertz CT molecular complexity index is 425. The normalized spacial score (nSPS) is 15.3. The minimum absolute atomic E-state index is 0.235. The van der Waals surface area contributed by atoms with Crippen molar-refractivity contribution in [1.82, 2.24) is 5.32 Å². The second kappa shape index (κ2) is 6.98. The Hall–Kier alpha value is -0.970. The summed E-state index contributed by atoms with van der Waals surface area (Å²) in [7, 11) is 0. The average Bonchev–Trinajstić information content (AvgIpc) is 2.39. The van der Waals surface area contributed by atoms with E-state index in [0.29, 0.717) is 29.9 Å². The van der Waals surface area contributed by atoms with E-state index in [9.17, 15) is 0 Å². The largest absolute Gasteiger partial charge is 0.486 e. The van der Waals surface area contributed by atoms with Gasteiger partial charge < -0.3 is 19.9 Å². The summed E-state index contributed by atoms with van der Waals surface area (Å²) in [4.78, 5) is 0. The van der Waals surface area contributed by atoms with Crippen LogP contribution >= 0.6 is 11.6 Å². The molecule has 0 saturated carbocycles. The summed E-state index contributed by atoms with van der Waals surface area (Å²) in [5.74, 6) is 1.82. The lowest BCUT2D eigenvalue weighted by Crippen LogP contribution is -2.22. The average molecular weight is 286 g/mol. The molecule has 0 spiro atoms. The first-order valence-electron chi connectivity index (χ1n) is 6.60. The molecule has 19 heavy (non-hydrogen) atoms.